The monoisotopic (exact) mass is 355 g/mol. The number of aromatic hydroxyl groups is 1. The minimum atomic E-state index is -1.10. The van der Waals surface area contributed by atoms with Gasteiger partial charge in [0.15, 0.2) is 0 Å². The van der Waals surface area contributed by atoms with Gasteiger partial charge in [-0.3, -0.25) is 0 Å². The number of phenols is 1. The lowest BCUT2D eigenvalue weighted by atomic mass is 10.1. The number of hydrogen-bond donors (Lipinski definition) is 2. The van der Waals surface area contributed by atoms with Crippen LogP contribution in [0.1, 0.15) is 6.42 Å². The van der Waals surface area contributed by atoms with Crippen molar-refractivity contribution in [1.29, 1.82) is 0 Å². The molecule has 8 heteroatoms. The van der Waals surface area contributed by atoms with E-state index in [0.29, 0.717) is 24.2 Å². The second-order valence-electron chi connectivity index (χ2n) is 6.08. The maximum atomic E-state index is 13.8. The molecule has 2 atom stereocenters. The van der Waals surface area contributed by atoms with Crippen molar-refractivity contribution in [2.45, 2.75) is 18.7 Å². The van der Waals surface area contributed by atoms with Gasteiger partial charge in [0.2, 0.25) is 0 Å². The summed E-state index contributed by atoms with van der Waals surface area (Å²) in [5.41, 5.74) is 1.76. The van der Waals surface area contributed by atoms with E-state index in [1.54, 1.807) is 12.1 Å². The van der Waals surface area contributed by atoms with Crippen LogP contribution in [-0.4, -0.2) is 50.2 Å². The third kappa shape index (κ3) is 3.36. The topological polar surface area (TPSA) is 85.1 Å². The highest BCUT2D eigenvalue weighted by atomic mass is 19.1. The van der Waals surface area contributed by atoms with E-state index in [1.807, 2.05) is 35.2 Å². The molecule has 134 valence electrons. The Balaban J connectivity index is 1.51. The summed E-state index contributed by atoms with van der Waals surface area (Å²) in [4.78, 5) is 4.10. The van der Waals surface area contributed by atoms with Crippen molar-refractivity contribution in [3.05, 3.63) is 48.9 Å². The highest BCUT2D eigenvalue weighted by molar-refractivity contribution is 5.67. The number of nitrogens with zero attached hydrogens (tertiary/aromatic N) is 4. The molecule has 3 aromatic rings. The molecule has 0 spiro atoms. The van der Waals surface area contributed by atoms with Crippen LogP contribution < -0.4 is 10.1 Å². The first-order valence-corrected chi connectivity index (χ1v) is 8.38. The van der Waals surface area contributed by atoms with Gasteiger partial charge in [-0.15, -0.1) is 5.10 Å². The molecule has 1 aliphatic heterocycles. The van der Waals surface area contributed by atoms with Gasteiger partial charge in [0.25, 0.3) is 0 Å². The molecule has 1 fully saturated rings. The van der Waals surface area contributed by atoms with E-state index in [1.165, 1.54) is 6.20 Å². The summed E-state index contributed by atoms with van der Waals surface area (Å²) in [5, 5.41) is 21.2. The minimum Gasteiger partial charge on any atom is -0.507 e. The van der Waals surface area contributed by atoms with E-state index in [2.05, 4.69) is 20.5 Å². The fourth-order valence-corrected chi connectivity index (χ4v) is 2.91. The molecule has 1 aromatic carbocycles. The molecule has 0 amide bonds. The zero-order chi connectivity index (χ0) is 17.9. The van der Waals surface area contributed by atoms with E-state index in [4.69, 9.17) is 4.74 Å². The predicted octanol–water partition coefficient (Wildman–Crippen LogP) is 2.11. The second kappa shape index (κ2) is 7.09. The number of benzene rings is 1. The van der Waals surface area contributed by atoms with Gasteiger partial charge in [0.1, 0.15) is 23.7 Å². The maximum absolute atomic E-state index is 13.8. The summed E-state index contributed by atoms with van der Waals surface area (Å²) in [6.45, 7) is 0.954. The lowest BCUT2D eigenvalue weighted by molar-refractivity contribution is 0.0643. The van der Waals surface area contributed by atoms with Gasteiger partial charge in [0.05, 0.1) is 6.20 Å². The molecule has 1 saturated heterocycles. The lowest BCUT2D eigenvalue weighted by Crippen LogP contribution is -2.44. The van der Waals surface area contributed by atoms with Gasteiger partial charge in [0, 0.05) is 36.3 Å². The number of aromatic nitrogens is 4. The molecule has 2 aromatic heterocycles. The van der Waals surface area contributed by atoms with E-state index in [9.17, 15) is 9.50 Å². The first kappa shape index (κ1) is 16.5. The molecule has 0 aliphatic carbocycles. The van der Waals surface area contributed by atoms with Crippen LogP contribution in [0.25, 0.3) is 16.9 Å². The third-order valence-electron chi connectivity index (χ3n) is 4.31. The Labute approximate surface area is 149 Å². The summed E-state index contributed by atoms with van der Waals surface area (Å²) in [6, 6.07) is 9.11. The van der Waals surface area contributed by atoms with Crippen LogP contribution in [-0.2, 0) is 0 Å². The summed E-state index contributed by atoms with van der Waals surface area (Å²) in [7, 11) is 0. The van der Waals surface area contributed by atoms with Gasteiger partial charge < -0.3 is 19.7 Å². The first-order chi connectivity index (χ1) is 12.7. The largest absolute Gasteiger partial charge is 0.507 e. The van der Waals surface area contributed by atoms with Crippen LogP contribution in [0.3, 0.4) is 0 Å². The molecule has 0 radical (unpaired) electrons. The van der Waals surface area contributed by atoms with Gasteiger partial charge in [-0.25, -0.2) is 9.37 Å². The van der Waals surface area contributed by atoms with Gasteiger partial charge in [-0.2, -0.15) is 0 Å². The van der Waals surface area contributed by atoms with Crippen LogP contribution in [0.5, 0.6) is 11.8 Å². The number of halogens is 1. The third-order valence-corrected chi connectivity index (χ3v) is 4.31. The Bertz CT molecular complexity index is 870. The fraction of sp³-hybridized carbons (Fsp3) is 0.278. The van der Waals surface area contributed by atoms with Crippen molar-refractivity contribution in [2.75, 3.05) is 13.1 Å². The van der Waals surface area contributed by atoms with E-state index in [-0.39, 0.29) is 18.3 Å². The minimum absolute atomic E-state index is 0.0340. The number of phenolic OH excluding ortho intramolecular Hbond substituents is 1. The van der Waals surface area contributed by atoms with Crippen molar-refractivity contribution in [1.82, 2.24) is 25.1 Å². The van der Waals surface area contributed by atoms with Crippen LogP contribution in [0, 0.1) is 0 Å². The van der Waals surface area contributed by atoms with Gasteiger partial charge >= 0.3 is 6.01 Å². The molecule has 1 aliphatic rings. The molecule has 2 N–H and O–H groups in total. The second-order valence-corrected chi connectivity index (χ2v) is 6.08. The molecule has 7 nitrogen and oxygen atoms in total. The van der Waals surface area contributed by atoms with Crippen molar-refractivity contribution >= 4 is 0 Å². The lowest BCUT2D eigenvalue weighted by Gasteiger charge is -2.26. The Morgan fingerprint density at radius 2 is 2.08 bits per heavy atom. The molecule has 0 saturated carbocycles. The summed E-state index contributed by atoms with van der Waals surface area (Å²) < 4.78 is 21.2. The van der Waals surface area contributed by atoms with E-state index >= 15 is 0 Å². The first-order valence-electron chi connectivity index (χ1n) is 8.38. The number of nitrogens with one attached hydrogen (secondary N) is 1. The smallest absolute Gasteiger partial charge is 0.336 e. The Hall–Kier alpha value is -3.00. The van der Waals surface area contributed by atoms with E-state index < -0.39 is 12.3 Å². The summed E-state index contributed by atoms with van der Waals surface area (Å²) in [5.74, 6) is 0.0724. The molecular formula is C18H18FN5O2. The molecule has 4 rings (SSSR count). The number of piperidine rings is 1. The fourth-order valence-electron chi connectivity index (χ4n) is 2.91. The number of ether oxygens (including phenoxy) is 1. The van der Waals surface area contributed by atoms with Crippen LogP contribution in [0.15, 0.2) is 48.9 Å². The number of hydrogen-bond acceptors (Lipinski definition) is 6. The van der Waals surface area contributed by atoms with Gasteiger partial charge in [-0.05, 0) is 37.2 Å². The highest BCUT2D eigenvalue weighted by Gasteiger charge is 2.27. The molecule has 26 heavy (non-hydrogen) atoms. The zero-order valence-electron chi connectivity index (χ0n) is 13.9. The van der Waals surface area contributed by atoms with Crippen LogP contribution >= 0.6 is 0 Å². The van der Waals surface area contributed by atoms with Crippen LogP contribution in [0.2, 0.25) is 0 Å². The summed E-state index contributed by atoms with van der Waals surface area (Å²) in [6.07, 6.45) is 4.12. The average Bonchev–Trinajstić information content (AvgIpc) is 3.19. The standard InChI is InChI=1S/C18H18FN5O2/c19-14-10-20-6-5-17(14)26-18-21-11-15(22-23-18)13-4-3-12(9-16(13)25)24-7-1-2-8-24/h1-4,7-9,11,14,17,20,25H,5-6,10H2/t14-,17-/m0/s1. The molecular weight excluding hydrogens is 337 g/mol. The molecule has 3 heterocycles. The molecule has 0 unspecified atom stereocenters. The zero-order valence-corrected chi connectivity index (χ0v) is 13.9. The Morgan fingerprint density at radius 1 is 1.23 bits per heavy atom. The van der Waals surface area contributed by atoms with Crippen molar-refractivity contribution in [2.24, 2.45) is 0 Å². The van der Waals surface area contributed by atoms with Crippen LogP contribution in [0.4, 0.5) is 4.39 Å². The van der Waals surface area contributed by atoms with E-state index in [0.717, 1.165) is 5.69 Å². The van der Waals surface area contributed by atoms with Crippen molar-refractivity contribution in [3.63, 3.8) is 0 Å². The molecule has 0 bridgehead atoms. The average molecular weight is 355 g/mol. The quantitative estimate of drug-likeness (QED) is 0.746. The normalized spacial score (nSPS) is 20.0. The maximum Gasteiger partial charge on any atom is 0.336 e. The SMILES string of the molecule is Oc1cc(-n2cccc2)ccc1-c1cnc(O[C@H]2CCNC[C@@H]2F)nn1. The predicted molar refractivity (Wildman–Crippen MR) is 93.1 cm³/mol. The Morgan fingerprint density at radius 3 is 2.77 bits per heavy atom. The summed E-state index contributed by atoms with van der Waals surface area (Å²) >= 11 is 0. The highest BCUT2D eigenvalue weighted by Crippen LogP contribution is 2.29. The van der Waals surface area contributed by atoms with Crippen molar-refractivity contribution in [3.8, 4) is 28.7 Å². The Kier molecular flexibility index (Phi) is 4.49. The number of rotatable bonds is 4. The van der Waals surface area contributed by atoms with Gasteiger partial charge in [-0.1, -0.05) is 5.10 Å². The number of alkyl halides is 1. The van der Waals surface area contributed by atoms with Crippen molar-refractivity contribution < 1.29 is 14.2 Å².